The molecule has 0 aliphatic heterocycles. The maximum Gasteiger partial charge on any atom is 1.00 e. The van der Waals surface area contributed by atoms with E-state index in [4.69, 9.17) is 9.90 Å². The first kappa shape index (κ1) is 15.7. The number of carbonyl (C=O) groups excluding carboxylic acids is 1. The molecule has 0 aromatic rings. The van der Waals surface area contributed by atoms with E-state index in [1.165, 1.54) is 0 Å². The van der Waals surface area contributed by atoms with Gasteiger partial charge in [0.1, 0.15) is 0 Å². The molecule has 0 bridgehead atoms. The monoisotopic (exact) mass is 130 g/mol. The first-order chi connectivity index (χ1) is 3.15. The zero-order valence-electron chi connectivity index (χ0n) is 6.22. The Kier molecular flexibility index (Phi) is 30.8. The summed E-state index contributed by atoms with van der Waals surface area (Å²) in [5.74, 6) is 0. The van der Waals surface area contributed by atoms with E-state index in [0.717, 1.165) is 0 Å². The van der Waals surface area contributed by atoms with Crippen LogP contribution in [0.15, 0.2) is 0 Å². The Bertz CT molecular complexity index is 51.1. The van der Waals surface area contributed by atoms with Gasteiger partial charge in [0.15, 0.2) is 0 Å². The van der Waals surface area contributed by atoms with Crippen molar-refractivity contribution >= 4 is 6.03 Å². The molecule has 46 valence electrons. The first-order valence-electron chi connectivity index (χ1n) is 1.80. The first-order valence-corrected chi connectivity index (χ1v) is 1.80. The Hall–Kier alpha value is 0.230. The van der Waals surface area contributed by atoms with Gasteiger partial charge in [-0.05, 0) is 6.92 Å². The molecule has 0 saturated heterocycles. The number of urea groups is 1. The average molecular weight is 130 g/mol. The third kappa shape index (κ3) is 3220. The fourth-order valence-electron chi connectivity index (χ4n) is 0. The molecule has 0 heterocycles. The van der Waals surface area contributed by atoms with Gasteiger partial charge in [-0.25, -0.2) is 4.79 Å². The number of aliphatic hydroxyl groups is 1. The fourth-order valence-corrected chi connectivity index (χ4v) is 0. The predicted molar refractivity (Wildman–Crippen MR) is 27.6 cm³/mol. The van der Waals surface area contributed by atoms with Gasteiger partial charge in [0.25, 0.3) is 0 Å². The van der Waals surface area contributed by atoms with Crippen LogP contribution in [0.4, 0.5) is 4.79 Å². The molecular weight excluding hydrogens is 119 g/mol. The summed E-state index contributed by atoms with van der Waals surface area (Å²) < 4.78 is 0. The number of hydrogen-bond acceptors (Lipinski definition) is 2. The molecule has 8 heavy (non-hydrogen) atoms. The van der Waals surface area contributed by atoms with Gasteiger partial charge < -0.3 is 18.0 Å². The van der Waals surface area contributed by atoms with Crippen LogP contribution < -0.4 is 41.0 Å². The van der Waals surface area contributed by atoms with Gasteiger partial charge in [-0.15, -0.1) is 0 Å². The zero-order chi connectivity index (χ0) is 6.28. The van der Waals surface area contributed by atoms with Gasteiger partial charge in [-0.1, -0.05) is 0 Å². The van der Waals surface area contributed by atoms with Crippen LogP contribution in [0.1, 0.15) is 8.35 Å². The average Bonchev–Trinajstić information content (AvgIpc) is 1.33. The van der Waals surface area contributed by atoms with Gasteiger partial charge in [0.05, 0.1) is 0 Å². The number of hydrogen-bond donors (Lipinski definition) is 3. The van der Waals surface area contributed by atoms with Crippen molar-refractivity contribution in [3.63, 3.8) is 0 Å². The van der Waals surface area contributed by atoms with E-state index in [-0.39, 0.29) is 37.6 Å². The number of amides is 2. The van der Waals surface area contributed by atoms with Crippen LogP contribution in [0.3, 0.4) is 0 Å². The zero-order valence-corrected chi connectivity index (χ0v) is 7.22. The normalized spacial score (nSPS) is 5.25. The smallest absolute Gasteiger partial charge is 1.00 e. The Balaban J connectivity index is -0.0000000233. The van der Waals surface area contributed by atoms with Crippen molar-refractivity contribution in [3.05, 3.63) is 0 Å². The molecular formula is C3H11N2NaO2. The van der Waals surface area contributed by atoms with Crippen molar-refractivity contribution in [2.45, 2.75) is 6.92 Å². The number of aliphatic hydroxyl groups excluding tert-OH is 1. The van der Waals surface area contributed by atoms with E-state index in [1.54, 1.807) is 6.92 Å². The second-order valence-corrected chi connectivity index (χ2v) is 0.719. The quantitative estimate of drug-likeness (QED) is 0.293. The molecule has 2 amide bonds. The van der Waals surface area contributed by atoms with Crippen LogP contribution in [0.25, 0.3) is 0 Å². The predicted octanol–water partition coefficient (Wildman–Crippen LogP) is -3.86. The number of carbonyl (C=O) groups is 1. The molecule has 0 saturated carbocycles. The van der Waals surface area contributed by atoms with E-state index in [9.17, 15) is 0 Å². The third-order valence-corrected chi connectivity index (χ3v) is 0. The third-order valence-electron chi connectivity index (χ3n) is 0. The summed E-state index contributed by atoms with van der Waals surface area (Å²) in [7, 11) is 0. The molecule has 0 aliphatic rings. The molecule has 0 fully saturated rings. The van der Waals surface area contributed by atoms with E-state index in [2.05, 4.69) is 11.5 Å². The number of nitrogens with two attached hydrogens (primary N) is 2. The van der Waals surface area contributed by atoms with Gasteiger partial charge in [-0.3, -0.25) is 0 Å². The van der Waals surface area contributed by atoms with Crippen LogP contribution in [0, 0.1) is 0 Å². The van der Waals surface area contributed by atoms with E-state index >= 15 is 0 Å². The summed E-state index contributed by atoms with van der Waals surface area (Å²) in [5.41, 5.74) is 8.50. The molecule has 5 heteroatoms. The van der Waals surface area contributed by atoms with E-state index in [1.807, 2.05) is 0 Å². The summed E-state index contributed by atoms with van der Waals surface area (Å²) in [4.78, 5) is 9.00. The maximum atomic E-state index is 9.00. The number of primary amides is 2. The van der Waals surface area contributed by atoms with E-state index in [0.29, 0.717) is 0 Å². The summed E-state index contributed by atoms with van der Waals surface area (Å²) in [6, 6.07) is -0.833. The largest absolute Gasteiger partial charge is 1.00 e. The summed E-state index contributed by atoms with van der Waals surface area (Å²) in [6.07, 6.45) is 0. The fraction of sp³-hybridized carbons (Fsp3) is 0.667. The Morgan fingerprint density at radius 2 is 1.75 bits per heavy atom. The van der Waals surface area contributed by atoms with Crippen molar-refractivity contribution in [2.24, 2.45) is 11.5 Å². The summed E-state index contributed by atoms with van der Waals surface area (Å²) in [5, 5.41) is 7.57. The van der Waals surface area contributed by atoms with Gasteiger partial charge >= 0.3 is 35.6 Å². The molecule has 0 spiro atoms. The van der Waals surface area contributed by atoms with E-state index < -0.39 is 6.03 Å². The number of rotatable bonds is 0. The van der Waals surface area contributed by atoms with Crippen LogP contribution in [0.2, 0.25) is 0 Å². The minimum absolute atomic E-state index is 0. The van der Waals surface area contributed by atoms with Crippen LogP contribution in [-0.2, 0) is 0 Å². The molecule has 0 aliphatic carbocycles. The second kappa shape index (κ2) is 15.7. The van der Waals surface area contributed by atoms with Crippen molar-refractivity contribution < 1.29 is 40.9 Å². The van der Waals surface area contributed by atoms with Crippen LogP contribution >= 0.6 is 0 Å². The standard InChI is InChI=1S/C2H6O.CH4N2O.Na.H/c1-2-3;2-1(3)4;;/h3H,2H2,1H3;(H4,2,3,4);;/q;;+1;-1. The second-order valence-electron chi connectivity index (χ2n) is 0.719. The van der Waals surface area contributed by atoms with Crippen molar-refractivity contribution in [2.75, 3.05) is 6.61 Å². The summed E-state index contributed by atoms with van der Waals surface area (Å²) >= 11 is 0. The molecule has 0 unspecified atom stereocenters. The van der Waals surface area contributed by atoms with Crippen LogP contribution in [-0.4, -0.2) is 17.7 Å². The SMILES string of the molecule is CCO.NC(N)=O.[H-].[Na+]. The van der Waals surface area contributed by atoms with Crippen molar-refractivity contribution in [1.29, 1.82) is 0 Å². The van der Waals surface area contributed by atoms with Crippen LogP contribution in [0.5, 0.6) is 0 Å². The van der Waals surface area contributed by atoms with Gasteiger partial charge in [0, 0.05) is 6.61 Å². The topological polar surface area (TPSA) is 89.3 Å². The van der Waals surface area contributed by atoms with Gasteiger partial charge in [-0.2, -0.15) is 0 Å². The molecule has 4 nitrogen and oxygen atoms in total. The molecule has 0 radical (unpaired) electrons. The Morgan fingerprint density at radius 3 is 1.75 bits per heavy atom. The maximum absolute atomic E-state index is 9.00. The molecule has 0 aromatic carbocycles. The Labute approximate surface area is 72.0 Å². The minimum atomic E-state index is -0.833. The molecule has 0 atom stereocenters. The molecule has 0 aromatic heterocycles. The van der Waals surface area contributed by atoms with Crippen molar-refractivity contribution in [3.8, 4) is 0 Å². The summed E-state index contributed by atoms with van der Waals surface area (Å²) in [6.45, 7) is 1.93. The minimum Gasteiger partial charge on any atom is -1.00 e. The van der Waals surface area contributed by atoms with Gasteiger partial charge in [0.2, 0.25) is 0 Å². The molecule has 0 rings (SSSR count). The van der Waals surface area contributed by atoms with Crippen molar-refractivity contribution in [1.82, 2.24) is 0 Å². The Morgan fingerprint density at radius 1 is 1.75 bits per heavy atom. The molecule has 5 N–H and O–H groups in total.